The standard InChI is InChI=1S/C36H39ClN6O3/c1-4-31(44)43-14-13-42(19-23(43)18-38-2)35-29-17-30(37)32(26-9-5-8-25-27-15-21(27)16-28(25)26)34(46-24-10-11-24)33(29)39-36(40-35)45-20-22-7-6-12-41(22)3/h4-5,8-9,17,21-24,27H,1,6-7,10-16,18-20H2,3H3/t21-,22+,23+,27-/m1/s1. The van der Waals surface area contributed by atoms with Crippen LogP contribution in [0.1, 0.15) is 49.1 Å². The lowest BCUT2D eigenvalue weighted by Crippen LogP contribution is -2.56. The molecule has 0 spiro atoms. The topological polar surface area (TPSA) is 75.4 Å². The Morgan fingerprint density at radius 2 is 2.07 bits per heavy atom. The smallest absolute Gasteiger partial charge is 0.319 e. The lowest BCUT2D eigenvalue weighted by Gasteiger charge is -2.39. The molecule has 3 aliphatic carbocycles. The number of likely N-dealkylation sites (tertiary alicyclic amines) is 1. The average Bonchev–Trinajstić information content (AvgIpc) is 3.97. The number of likely N-dealkylation sites (N-methyl/N-ethyl adjacent to an activating group) is 1. The molecule has 1 amide bonds. The molecule has 3 aromatic rings. The molecule has 2 saturated carbocycles. The summed E-state index contributed by atoms with van der Waals surface area (Å²) < 4.78 is 13.1. The van der Waals surface area contributed by atoms with Gasteiger partial charge in [-0.1, -0.05) is 36.4 Å². The molecule has 4 fully saturated rings. The summed E-state index contributed by atoms with van der Waals surface area (Å²) in [5, 5.41) is 1.40. The van der Waals surface area contributed by atoms with Crippen molar-refractivity contribution in [2.45, 2.75) is 62.6 Å². The number of hydrogen-bond donors (Lipinski definition) is 0. The van der Waals surface area contributed by atoms with Crippen LogP contribution in [0.4, 0.5) is 5.82 Å². The van der Waals surface area contributed by atoms with Crippen LogP contribution < -0.4 is 14.4 Å². The molecule has 3 heterocycles. The van der Waals surface area contributed by atoms with Gasteiger partial charge in [0.15, 0.2) is 5.75 Å². The number of carbonyl (C=O) groups excluding carboxylic acids is 1. The summed E-state index contributed by atoms with van der Waals surface area (Å²) in [7, 11) is 2.13. The van der Waals surface area contributed by atoms with Gasteiger partial charge in [-0.05, 0) is 92.8 Å². The predicted octanol–water partition coefficient (Wildman–Crippen LogP) is 5.75. The molecule has 46 heavy (non-hydrogen) atoms. The monoisotopic (exact) mass is 638 g/mol. The van der Waals surface area contributed by atoms with Gasteiger partial charge in [-0.2, -0.15) is 9.97 Å². The van der Waals surface area contributed by atoms with Gasteiger partial charge in [-0.3, -0.25) is 4.79 Å². The van der Waals surface area contributed by atoms with Crippen LogP contribution >= 0.6 is 11.6 Å². The van der Waals surface area contributed by atoms with Crippen LogP contribution in [0.25, 0.3) is 26.9 Å². The molecular weight excluding hydrogens is 600 g/mol. The third-order valence-corrected chi connectivity index (χ3v) is 10.9. The fourth-order valence-electron chi connectivity index (χ4n) is 7.80. The molecule has 0 radical (unpaired) electrons. The summed E-state index contributed by atoms with van der Waals surface area (Å²) in [6.45, 7) is 14.4. The zero-order chi connectivity index (χ0) is 31.5. The number of benzene rings is 2. The molecule has 238 valence electrons. The Balaban J connectivity index is 1.27. The number of amides is 1. The van der Waals surface area contributed by atoms with Crippen molar-refractivity contribution in [2.75, 3.05) is 51.3 Å². The van der Waals surface area contributed by atoms with Gasteiger partial charge in [0.1, 0.15) is 24.0 Å². The first-order chi connectivity index (χ1) is 22.4. The van der Waals surface area contributed by atoms with E-state index in [2.05, 4.69) is 46.5 Å². The third-order valence-electron chi connectivity index (χ3n) is 10.6. The number of halogens is 1. The SMILES string of the molecule is [C-]#[N+]C[C@H]1CN(c2nc(OC[C@@H]3CCCN3C)nc3c(OC4CC4)c(-c4cccc5c4C[C@H]4C[C@@H]54)c(Cl)cc23)CCN1C(=O)C=C. The zero-order valence-corrected chi connectivity index (χ0v) is 27.0. The van der Waals surface area contributed by atoms with Crippen molar-refractivity contribution in [1.29, 1.82) is 0 Å². The van der Waals surface area contributed by atoms with E-state index >= 15 is 0 Å². The molecule has 5 aliphatic rings. The highest BCUT2D eigenvalue weighted by molar-refractivity contribution is 6.35. The second kappa shape index (κ2) is 11.7. The largest absolute Gasteiger partial charge is 0.487 e. The summed E-state index contributed by atoms with van der Waals surface area (Å²) in [6, 6.07) is 8.90. The Bertz CT molecular complexity index is 1770. The number of aromatic nitrogens is 2. The van der Waals surface area contributed by atoms with Crippen LogP contribution in [-0.4, -0.2) is 90.2 Å². The van der Waals surface area contributed by atoms with E-state index in [1.165, 1.54) is 23.6 Å². The molecular formula is C36H39ClN6O3. The van der Waals surface area contributed by atoms with E-state index in [0.29, 0.717) is 66.3 Å². The van der Waals surface area contributed by atoms with Crippen molar-refractivity contribution in [3.05, 3.63) is 64.5 Å². The second-order valence-corrected chi connectivity index (χ2v) is 14.0. The number of ether oxygens (including phenoxy) is 2. The molecule has 2 aliphatic heterocycles. The minimum atomic E-state index is -0.298. The van der Waals surface area contributed by atoms with Crippen LogP contribution in [0.2, 0.25) is 5.02 Å². The minimum absolute atomic E-state index is 0.122. The third kappa shape index (κ3) is 5.26. The molecule has 2 aromatic carbocycles. The normalized spacial score (nSPS) is 25.2. The van der Waals surface area contributed by atoms with Crippen molar-refractivity contribution in [3.8, 4) is 22.9 Å². The highest BCUT2D eigenvalue weighted by Crippen LogP contribution is 2.59. The maximum Gasteiger partial charge on any atom is 0.319 e. The first-order valence-corrected chi connectivity index (χ1v) is 17.0. The molecule has 0 bridgehead atoms. The number of fused-ring (bicyclic) bond motifs is 4. The van der Waals surface area contributed by atoms with Gasteiger partial charge >= 0.3 is 6.01 Å². The van der Waals surface area contributed by atoms with Crippen LogP contribution in [0.15, 0.2) is 36.9 Å². The van der Waals surface area contributed by atoms with Gasteiger partial charge in [-0.15, -0.1) is 0 Å². The molecule has 9 nitrogen and oxygen atoms in total. The second-order valence-electron chi connectivity index (χ2n) is 13.5. The van der Waals surface area contributed by atoms with Gasteiger partial charge in [0.2, 0.25) is 12.5 Å². The Morgan fingerprint density at radius 3 is 2.83 bits per heavy atom. The van der Waals surface area contributed by atoms with E-state index in [-0.39, 0.29) is 24.6 Å². The van der Waals surface area contributed by atoms with Gasteiger partial charge in [0.05, 0.1) is 11.1 Å². The maximum absolute atomic E-state index is 12.7. The number of hydrogen-bond acceptors (Lipinski definition) is 7. The summed E-state index contributed by atoms with van der Waals surface area (Å²) in [5.41, 5.74) is 5.56. The number of anilines is 1. The Morgan fingerprint density at radius 1 is 1.20 bits per heavy atom. The van der Waals surface area contributed by atoms with Crippen LogP contribution in [-0.2, 0) is 11.2 Å². The summed E-state index contributed by atoms with van der Waals surface area (Å²) in [4.78, 5) is 32.6. The summed E-state index contributed by atoms with van der Waals surface area (Å²) >= 11 is 7.28. The molecule has 2 saturated heterocycles. The summed E-state index contributed by atoms with van der Waals surface area (Å²) in [6.07, 6.45) is 8.01. The molecule has 0 N–H and O–H groups in total. The van der Waals surface area contributed by atoms with Gasteiger partial charge < -0.3 is 29.0 Å². The molecule has 1 aromatic heterocycles. The van der Waals surface area contributed by atoms with E-state index in [4.69, 9.17) is 37.6 Å². The predicted molar refractivity (Wildman–Crippen MR) is 179 cm³/mol. The van der Waals surface area contributed by atoms with Crippen LogP contribution in [0.3, 0.4) is 0 Å². The van der Waals surface area contributed by atoms with Crippen molar-refractivity contribution >= 4 is 34.2 Å². The molecule has 0 unspecified atom stereocenters. The fourth-order valence-corrected chi connectivity index (χ4v) is 8.10. The maximum atomic E-state index is 12.7. The average molecular weight is 639 g/mol. The van der Waals surface area contributed by atoms with E-state index in [1.54, 1.807) is 4.90 Å². The number of piperazine rings is 1. The Hall–Kier alpha value is -3.87. The molecule has 4 atom stereocenters. The minimum Gasteiger partial charge on any atom is -0.487 e. The lowest BCUT2D eigenvalue weighted by molar-refractivity contribution is -0.128. The molecule has 8 rings (SSSR count). The number of nitrogens with zero attached hydrogens (tertiary/aromatic N) is 6. The first kappa shape index (κ1) is 29.5. The van der Waals surface area contributed by atoms with E-state index in [1.807, 2.05) is 6.07 Å². The van der Waals surface area contributed by atoms with Gasteiger partial charge in [-0.25, -0.2) is 6.57 Å². The summed E-state index contributed by atoms with van der Waals surface area (Å²) in [5.74, 6) is 2.63. The van der Waals surface area contributed by atoms with Crippen LogP contribution in [0, 0.1) is 12.5 Å². The van der Waals surface area contributed by atoms with Crippen molar-refractivity contribution < 1.29 is 14.3 Å². The fraction of sp³-hybridized carbons (Fsp3) is 0.500. The van der Waals surface area contributed by atoms with Gasteiger partial charge in [0.25, 0.3) is 0 Å². The van der Waals surface area contributed by atoms with E-state index < -0.39 is 0 Å². The number of carbonyl (C=O) groups is 1. The Labute approximate surface area is 274 Å². The van der Waals surface area contributed by atoms with E-state index in [9.17, 15) is 4.79 Å². The van der Waals surface area contributed by atoms with Crippen molar-refractivity contribution in [1.82, 2.24) is 19.8 Å². The van der Waals surface area contributed by atoms with Crippen LogP contribution in [0.5, 0.6) is 11.8 Å². The highest BCUT2D eigenvalue weighted by atomic mass is 35.5. The lowest BCUT2D eigenvalue weighted by atomic mass is 9.93. The van der Waals surface area contributed by atoms with Gasteiger partial charge in [0, 0.05) is 36.6 Å². The van der Waals surface area contributed by atoms with Crippen molar-refractivity contribution in [3.63, 3.8) is 0 Å². The first-order valence-electron chi connectivity index (χ1n) is 16.6. The number of rotatable bonds is 9. The highest BCUT2D eigenvalue weighted by Gasteiger charge is 2.46. The Kier molecular flexibility index (Phi) is 7.53. The van der Waals surface area contributed by atoms with E-state index in [0.717, 1.165) is 61.1 Å². The molecule has 10 heteroatoms. The quantitative estimate of drug-likeness (QED) is 0.218. The van der Waals surface area contributed by atoms with Crippen molar-refractivity contribution in [2.24, 2.45) is 5.92 Å². The zero-order valence-electron chi connectivity index (χ0n) is 26.3.